The molecular formula is C11H21NO4S. The van der Waals surface area contributed by atoms with E-state index in [9.17, 15) is 9.59 Å². The number of esters is 1. The largest absolute Gasteiger partial charge is 0.467 e. The number of ether oxygens (including phenoxy) is 2. The number of methoxy groups -OCH3 is 1. The molecule has 0 saturated heterocycles. The Morgan fingerprint density at radius 2 is 1.76 bits per heavy atom. The van der Waals surface area contributed by atoms with Gasteiger partial charge in [0.05, 0.1) is 7.11 Å². The van der Waals surface area contributed by atoms with Crippen molar-refractivity contribution in [2.75, 3.05) is 7.11 Å². The van der Waals surface area contributed by atoms with Crippen LogP contribution in [0.1, 0.15) is 34.6 Å². The Kier molecular flexibility index (Phi) is 6.37. The van der Waals surface area contributed by atoms with Crippen LogP contribution < -0.4 is 5.32 Å². The summed E-state index contributed by atoms with van der Waals surface area (Å²) in [5, 5.41) is 1.93. The van der Waals surface area contributed by atoms with Gasteiger partial charge >= 0.3 is 12.1 Å². The lowest BCUT2D eigenvalue weighted by atomic mass is 10.2. The highest BCUT2D eigenvalue weighted by Gasteiger charge is 2.26. The number of rotatable bonds is 4. The summed E-state index contributed by atoms with van der Waals surface area (Å²) in [6, 6.07) is 0. The van der Waals surface area contributed by atoms with Crippen LogP contribution in [-0.4, -0.2) is 35.4 Å². The van der Waals surface area contributed by atoms with Crippen LogP contribution in [0.5, 0.6) is 0 Å². The maximum atomic E-state index is 11.5. The van der Waals surface area contributed by atoms with Gasteiger partial charge in [-0.1, -0.05) is 13.8 Å². The first-order chi connectivity index (χ1) is 7.65. The topological polar surface area (TPSA) is 64.6 Å². The van der Waals surface area contributed by atoms with Crippen molar-refractivity contribution in [1.82, 2.24) is 5.32 Å². The maximum Gasteiger partial charge on any atom is 0.409 e. The van der Waals surface area contributed by atoms with Gasteiger partial charge in [0.25, 0.3) is 0 Å². The standard InChI is InChI=1S/C11H21NO4S/c1-7(2)17-8(9(13)15-6)12-10(14)16-11(3,4)5/h7-8H,1-6H3,(H,12,14). The molecule has 17 heavy (non-hydrogen) atoms. The summed E-state index contributed by atoms with van der Waals surface area (Å²) in [5.41, 5.74) is -0.590. The SMILES string of the molecule is COC(=O)C(NC(=O)OC(C)(C)C)SC(C)C. The smallest absolute Gasteiger partial charge is 0.409 e. The van der Waals surface area contributed by atoms with E-state index in [-0.39, 0.29) is 5.25 Å². The Morgan fingerprint density at radius 1 is 1.24 bits per heavy atom. The maximum absolute atomic E-state index is 11.5. The van der Waals surface area contributed by atoms with E-state index in [1.54, 1.807) is 20.8 Å². The van der Waals surface area contributed by atoms with Gasteiger partial charge < -0.3 is 9.47 Å². The number of nitrogens with one attached hydrogen (secondary N) is 1. The summed E-state index contributed by atoms with van der Waals surface area (Å²) in [5.74, 6) is -0.491. The molecule has 5 nitrogen and oxygen atoms in total. The highest BCUT2D eigenvalue weighted by molar-refractivity contribution is 8.01. The number of hydrogen-bond acceptors (Lipinski definition) is 5. The van der Waals surface area contributed by atoms with E-state index >= 15 is 0 Å². The van der Waals surface area contributed by atoms with Crippen LogP contribution in [0.2, 0.25) is 0 Å². The summed E-state index contributed by atoms with van der Waals surface area (Å²) >= 11 is 1.30. The molecule has 0 aliphatic heterocycles. The van der Waals surface area contributed by atoms with Gasteiger partial charge in [-0.15, -0.1) is 11.8 Å². The lowest BCUT2D eigenvalue weighted by Crippen LogP contribution is -2.42. The van der Waals surface area contributed by atoms with Crippen molar-refractivity contribution in [3.05, 3.63) is 0 Å². The van der Waals surface area contributed by atoms with Gasteiger partial charge in [0.2, 0.25) is 0 Å². The first kappa shape index (κ1) is 16.1. The number of carbonyl (C=O) groups is 2. The second-order valence-electron chi connectivity index (χ2n) is 4.73. The summed E-state index contributed by atoms with van der Waals surface area (Å²) < 4.78 is 9.69. The van der Waals surface area contributed by atoms with Gasteiger partial charge in [0.15, 0.2) is 5.37 Å². The minimum atomic E-state index is -0.741. The zero-order valence-corrected chi connectivity index (χ0v) is 12.0. The Morgan fingerprint density at radius 3 is 2.12 bits per heavy atom. The van der Waals surface area contributed by atoms with Crippen molar-refractivity contribution in [1.29, 1.82) is 0 Å². The summed E-state index contributed by atoms with van der Waals surface area (Å²) in [4.78, 5) is 23.0. The third kappa shape index (κ3) is 7.90. The Balaban J connectivity index is 4.43. The number of hydrogen-bond donors (Lipinski definition) is 1. The molecule has 0 bridgehead atoms. The predicted molar refractivity (Wildman–Crippen MR) is 67.9 cm³/mol. The summed E-state index contributed by atoms with van der Waals surface area (Å²) in [7, 11) is 1.28. The van der Waals surface area contributed by atoms with Crippen molar-refractivity contribution in [3.8, 4) is 0 Å². The quantitative estimate of drug-likeness (QED) is 0.622. The molecule has 0 aromatic rings. The van der Waals surface area contributed by atoms with Crippen molar-refractivity contribution in [2.45, 2.75) is 50.8 Å². The van der Waals surface area contributed by atoms with Crippen molar-refractivity contribution in [2.24, 2.45) is 0 Å². The van der Waals surface area contributed by atoms with E-state index in [1.807, 2.05) is 13.8 Å². The highest BCUT2D eigenvalue weighted by Crippen LogP contribution is 2.17. The monoisotopic (exact) mass is 263 g/mol. The van der Waals surface area contributed by atoms with Gasteiger partial charge in [-0.25, -0.2) is 9.59 Å². The van der Waals surface area contributed by atoms with Crippen LogP contribution in [0, 0.1) is 0 Å². The lowest BCUT2D eigenvalue weighted by molar-refractivity contribution is -0.140. The first-order valence-electron chi connectivity index (χ1n) is 5.38. The van der Waals surface area contributed by atoms with E-state index in [4.69, 9.17) is 4.74 Å². The number of alkyl carbamates (subject to hydrolysis) is 1. The van der Waals surface area contributed by atoms with Crippen molar-refractivity contribution < 1.29 is 19.1 Å². The summed E-state index contributed by atoms with van der Waals surface area (Å²) in [6.07, 6.45) is -0.624. The Hall–Kier alpha value is -0.910. The molecule has 0 aromatic heterocycles. The fourth-order valence-corrected chi connectivity index (χ4v) is 1.86. The minimum Gasteiger partial charge on any atom is -0.467 e. The third-order valence-corrected chi connectivity index (χ3v) is 2.60. The van der Waals surface area contributed by atoms with Gasteiger partial charge in [-0.2, -0.15) is 0 Å². The Bertz CT molecular complexity index is 273. The molecule has 0 rings (SSSR count). The Labute approximate surface area is 107 Å². The molecule has 100 valence electrons. The van der Waals surface area contributed by atoms with Crippen LogP contribution in [0.15, 0.2) is 0 Å². The van der Waals surface area contributed by atoms with Gasteiger partial charge in [0.1, 0.15) is 5.60 Å². The molecule has 0 spiro atoms. The second-order valence-corrected chi connectivity index (χ2v) is 6.42. The molecule has 1 atom stereocenters. The zero-order valence-electron chi connectivity index (χ0n) is 11.2. The van der Waals surface area contributed by atoms with Crippen LogP contribution in [0.4, 0.5) is 4.79 Å². The van der Waals surface area contributed by atoms with Gasteiger partial charge in [0, 0.05) is 5.25 Å². The van der Waals surface area contributed by atoms with E-state index in [0.29, 0.717) is 0 Å². The molecule has 0 heterocycles. The molecular weight excluding hydrogens is 242 g/mol. The second kappa shape index (κ2) is 6.74. The average Bonchev–Trinajstić information content (AvgIpc) is 2.11. The molecule has 1 amide bonds. The van der Waals surface area contributed by atoms with Crippen LogP contribution in [0.3, 0.4) is 0 Å². The van der Waals surface area contributed by atoms with Crippen LogP contribution in [-0.2, 0) is 14.3 Å². The fourth-order valence-electron chi connectivity index (χ4n) is 0.942. The zero-order chi connectivity index (χ0) is 13.6. The van der Waals surface area contributed by atoms with Crippen molar-refractivity contribution >= 4 is 23.8 Å². The normalized spacial score (nSPS) is 13.1. The molecule has 6 heteroatoms. The third-order valence-electron chi connectivity index (χ3n) is 1.47. The van der Waals surface area contributed by atoms with Crippen molar-refractivity contribution in [3.63, 3.8) is 0 Å². The number of amides is 1. The van der Waals surface area contributed by atoms with E-state index < -0.39 is 23.0 Å². The summed E-state index contributed by atoms with van der Waals surface area (Å²) in [6.45, 7) is 9.13. The van der Waals surface area contributed by atoms with Crippen LogP contribution >= 0.6 is 11.8 Å². The predicted octanol–water partition coefficient (Wildman–Crippen LogP) is 2.15. The highest BCUT2D eigenvalue weighted by atomic mass is 32.2. The van der Waals surface area contributed by atoms with E-state index in [1.165, 1.54) is 18.9 Å². The number of thioether (sulfide) groups is 1. The molecule has 0 aliphatic rings. The molecule has 0 radical (unpaired) electrons. The van der Waals surface area contributed by atoms with E-state index in [0.717, 1.165) is 0 Å². The molecule has 0 aromatic carbocycles. The fraction of sp³-hybridized carbons (Fsp3) is 0.818. The van der Waals surface area contributed by atoms with E-state index in [2.05, 4.69) is 10.1 Å². The molecule has 0 saturated carbocycles. The molecule has 0 aliphatic carbocycles. The molecule has 0 fully saturated rings. The first-order valence-corrected chi connectivity index (χ1v) is 6.33. The lowest BCUT2D eigenvalue weighted by Gasteiger charge is -2.23. The average molecular weight is 263 g/mol. The van der Waals surface area contributed by atoms with Gasteiger partial charge in [-0.05, 0) is 20.8 Å². The number of carbonyl (C=O) groups excluding carboxylic acids is 2. The molecule has 1 N–H and O–H groups in total. The van der Waals surface area contributed by atoms with Crippen LogP contribution in [0.25, 0.3) is 0 Å². The minimum absolute atomic E-state index is 0.189. The van der Waals surface area contributed by atoms with Gasteiger partial charge in [-0.3, -0.25) is 5.32 Å². The molecule has 1 unspecified atom stereocenters.